The lowest BCUT2D eigenvalue weighted by atomic mass is 9.92. The van der Waals surface area contributed by atoms with Gasteiger partial charge in [-0.15, -0.1) is 0 Å². The van der Waals surface area contributed by atoms with Gasteiger partial charge >= 0.3 is 11.8 Å². The monoisotopic (exact) mass is 533 g/mol. The maximum Gasteiger partial charge on any atom is 0.408 e. The number of nitrogens with one attached hydrogen (secondary N) is 1. The summed E-state index contributed by atoms with van der Waals surface area (Å²) in [5.74, 6) is -2.45. The fourth-order valence-corrected chi connectivity index (χ4v) is 4.84. The van der Waals surface area contributed by atoms with Gasteiger partial charge in [0.1, 0.15) is 12.2 Å². The number of aryl methyl sites for hydroxylation is 1. The number of aromatic amines is 1. The second kappa shape index (κ2) is 9.65. The molecule has 200 valence electrons. The van der Waals surface area contributed by atoms with E-state index in [1.165, 1.54) is 24.3 Å². The first kappa shape index (κ1) is 25.5. The van der Waals surface area contributed by atoms with Crippen LogP contribution in [0.5, 0.6) is 11.5 Å². The van der Waals surface area contributed by atoms with E-state index in [1.54, 1.807) is 6.92 Å². The Labute approximate surface area is 212 Å². The van der Waals surface area contributed by atoms with Crippen LogP contribution in [0.2, 0.25) is 0 Å². The highest BCUT2D eigenvalue weighted by atomic mass is 19.1. The molecule has 1 saturated heterocycles. The molecule has 2 aliphatic heterocycles. The minimum absolute atomic E-state index is 0.0655. The number of hydrogen-bond acceptors (Lipinski definition) is 6. The molecule has 0 unspecified atom stereocenters. The summed E-state index contributed by atoms with van der Waals surface area (Å²) < 4.78 is 56.3. The quantitative estimate of drug-likeness (QED) is 0.459. The largest absolute Gasteiger partial charge is 0.465 e. The predicted molar refractivity (Wildman–Crippen MR) is 125 cm³/mol. The van der Waals surface area contributed by atoms with Gasteiger partial charge in [-0.1, -0.05) is 31.2 Å². The van der Waals surface area contributed by atoms with Crippen LogP contribution in [-0.4, -0.2) is 55.7 Å². The highest BCUT2D eigenvalue weighted by Crippen LogP contribution is 2.48. The Morgan fingerprint density at radius 3 is 2.26 bits per heavy atom. The summed E-state index contributed by atoms with van der Waals surface area (Å²) >= 11 is 0. The molecule has 1 amide bonds. The molecule has 5 rings (SSSR count). The van der Waals surface area contributed by atoms with Gasteiger partial charge in [0.15, 0.2) is 35.5 Å². The molecule has 13 heteroatoms. The first-order valence-corrected chi connectivity index (χ1v) is 11.7. The zero-order valence-corrected chi connectivity index (χ0v) is 19.8. The number of carboxylic acid groups (broad SMARTS) is 1. The molecule has 3 heterocycles. The van der Waals surface area contributed by atoms with Crippen LogP contribution in [0.1, 0.15) is 35.9 Å². The second-order valence-electron chi connectivity index (χ2n) is 8.93. The normalized spacial score (nSPS) is 22.4. The smallest absolute Gasteiger partial charge is 0.408 e. The summed E-state index contributed by atoms with van der Waals surface area (Å²) in [4.78, 5) is 39.5. The van der Waals surface area contributed by atoms with Gasteiger partial charge in [0.25, 0.3) is 5.56 Å². The zero-order chi connectivity index (χ0) is 27.3. The topological polar surface area (TPSA) is 134 Å². The number of H-pyrrole nitrogens is 1. The molecule has 2 aromatic carbocycles. The average Bonchev–Trinajstić information content (AvgIpc) is 3.15. The van der Waals surface area contributed by atoms with Crippen molar-refractivity contribution in [3.8, 4) is 11.5 Å². The van der Waals surface area contributed by atoms with Crippen molar-refractivity contribution in [1.29, 1.82) is 0 Å². The predicted octanol–water partition coefficient (Wildman–Crippen LogP) is 2.85. The summed E-state index contributed by atoms with van der Waals surface area (Å²) in [7, 11) is 0. The van der Waals surface area contributed by atoms with Gasteiger partial charge in [-0.25, -0.2) is 22.8 Å². The van der Waals surface area contributed by atoms with E-state index in [4.69, 9.17) is 9.47 Å². The number of aliphatic hydroxyl groups excluding tert-OH is 1. The van der Waals surface area contributed by atoms with Crippen molar-refractivity contribution in [3.05, 3.63) is 91.8 Å². The number of para-hydroxylation sites is 2. The molecule has 0 aliphatic carbocycles. The summed E-state index contributed by atoms with van der Waals surface area (Å²) in [6.07, 6.45) is -7.37. The van der Waals surface area contributed by atoms with E-state index in [0.717, 1.165) is 27.8 Å². The fraction of sp³-hybridized carbons (Fsp3) is 0.320. The summed E-state index contributed by atoms with van der Waals surface area (Å²) in [6, 6.07) is 6.32. The minimum Gasteiger partial charge on any atom is -0.465 e. The molecule has 3 aromatic rings. The number of ether oxygens (including phenoxy) is 2. The lowest BCUT2D eigenvalue weighted by Gasteiger charge is -2.36. The second-order valence-corrected chi connectivity index (χ2v) is 8.93. The Morgan fingerprint density at radius 2 is 1.71 bits per heavy atom. The van der Waals surface area contributed by atoms with E-state index < -0.39 is 66.2 Å². The highest BCUT2D eigenvalue weighted by Gasteiger charge is 2.48. The van der Waals surface area contributed by atoms with Gasteiger partial charge in [-0.3, -0.25) is 19.2 Å². The van der Waals surface area contributed by atoms with E-state index in [1.807, 2.05) is 0 Å². The van der Waals surface area contributed by atoms with E-state index in [9.17, 15) is 33.4 Å². The van der Waals surface area contributed by atoms with Gasteiger partial charge in [-0.2, -0.15) is 0 Å². The third-order valence-corrected chi connectivity index (χ3v) is 6.71. The molecule has 0 spiro atoms. The third kappa shape index (κ3) is 4.13. The summed E-state index contributed by atoms with van der Waals surface area (Å²) in [5, 5.41) is 20.7. The number of hydrogen-bond donors (Lipinski definition) is 3. The van der Waals surface area contributed by atoms with Crippen LogP contribution >= 0.6 is 0 Å². The average molecular weight is 533 g/mol. The number of amides is 1. The van der Waals surface area contributed by atoms with Gasteiger partial charge < -0.3 is 19.7 Å². The molecule has 1 fully saturated rings. The number of halogens is 3. The van der Waals surface area contributed by atoms with Gasteiger partial charge in [0.05, 0.1) is 12.6 Å². The SMILES string of the molecule is CCc1cn([C@@H]2O[C@H](CN(C(=O)O)C3c4cccc(F)c4Oc4c(F)cccc43)[C@@H](O)[C@H]2F)c(=O)[nH]c1=O. The molecular formula is C25H22F3N3O7. The lowest BCUT2D eigenvalue weighted by molar-refractivity contribution is -0.0413. The van der Waals surface area contributed by atoms with Crippen molar-refractivity contribution in [2.75, 3.05) is 6.54 Å². The summed E-state index contributed by atoms with van der Waals surface area (Å²) in [5.41, 5.74) is -1.31. The Hall–Kier alpha value is -4.10. The van der Waals surface area contributed by atoms with Crippen LogP contribution in [0.15, 0.2) is 52.2 Å². The molecular weight excluding hydrogens is 511 g/mol. The van der Waals surface area contributed by atoms with Gasteiger partial charge in [0, 0.05) is 22.9 Å². The van der Waals surface area contributed by atoms with E-state index in [-0.39, 0.29) is 34.6 Å². The molecule has 3 N–H and O–H groups in total. The van der Waals surface area contributed by atoms with Crippen molar-refractivity contribution < 1.29 is 37.7 Å². The summed E-state index contributed by atoms with van der Waals surface area (Å²) in [6.45, 7) is 1.02. The Kier molecular flexibility index (Phi) is 6.49. The van der Waals surface area contributed by atoms with Gasteiger partial charge in [0.2, 0.25) is 0 Å². The molecule has 0 saturated carbocycles. The third-order valence-electron chi connectivity index (χ3n) is 6.71. The Morgan fingerprint density at radius 1 is 1.11 bits per heavy atom. The molecule has 2 aliphatic rings. The molecule has 4 atom stereocenters. The minimum atomic E-state index is -2.16. The number of fused-ring (bicyclic) bond motifs is 2. The Balaban J connectivity index is 1.53. The van der Waals surface area contributed by atoms with Crippen molar-refractivity contribution >= 4 is 6.09 Å². The maximum atomic E-state index is 15.2. The maximum absolute atomic E-state index is 15.2. The van der Waals surface area contributed by atoms with Crippen LogP contribution in [0.25, 0.3) is 0 Å². The lowest BCUT2D eigenvalue weighted by Crippen LogP contribution is -2.44. The van der Waals surface area contributed by atoms with E-state index in [2.05, 4.69) is 4.98 Å². The number of rotatable bonds is 5. The molecule has 10 nitrogen and oxygen atoms in total. The fourth-order valence-electron chi connectivity index (χ4n) is 4.84. The number of carbonyl (C=O) groups is 1. The first-order valence-electron chi connectivity index (χ1n) is 11.7. The number of aliphatic hydroxyl groups is 1. The zero-order valence-electron chi connectivity index (χ0n) is 19.8. The standard InChI is InChI=1S/C25H22F3N3O7/c1-2-11-9-31(24(34)29-22(11)33)23-17(28)19(32)16(37-23)10-30(25(35)36)18-12-5-3-7-14(26)20(12)38-21-13(18)6-4-8-15(21)27/h3-9,16-19,23,32H,2,10H2,1H3,(H,35,36)(H,29,33,34)/t16-,17-,19-,23-/m1/s1. The van der Waals surface area contributed by atoms with Gasteiger partial charge in [-0.05, 0) is 18.6 Å². The Bertz CT molecular complexity index is 1470. The van der Waals surface area contributed by atoms with Crippen LogP contribution in [0.4, 0.5) is 18.0 Å². The number of nitrogens with zero attached hydrogens (tertiary/aromatic N) is 2. The van der Waals surface area contributed by atoms with E-state index >= 15 is 4.39 Å². The van der Waals surface area contributed by atoms with Crippen LogP contribution in [-0.2, 0) is 11.2 Å². The molecule has 38 heavy (non-hydrogen) atoms. The van der Waals surface area contributed by atoms with Crippen LogP contribution < -0.4 is 16.0 Å². The molecule has 0 radical (unpaired) electrons. The number of alkyl halides is 1. The highest BCUT2D eigenvalue weighted by molar-refractivity contribution is 5.69. The van der Waals surface area contributed by atoms with Crippen LogP contribution in [0, 0.1) is 11.6 Å². The van der Waals surface area contributed by atoms with Crippen molar-refractivity contribution in [2.24, 2.45) is 0 Å². The molecule has 0 bridgehead atoms. The first-order chi connectivity index (χ1) is 18.1. The number of benzene rings is 2. The van der Waals surface area contributed by atoms with Crippen LogP contribution in [0.3, 0.4) is 0 Å². The number of aromatic nitrogens is 2. The van der Waals surface area contributed by atoms with E-state index in [0.29, 0.717) is 0 Å². The van der Waals surface area contributed by atoms with Crippen molar-refractivity contribution in [1.82, 2.24) is 14.5 Å². The van der Waals surface area contributed by atoms with Crippen molar-refractivity contribution in [2.45, 2.75) is 44.0 Å². The van der Waals surface area contributed by atoms with Crippen molar-refractivity contribution in [3.63, 3.8) is 0 Å². The molecule has 1 aromatic heterocycles.